The Hall–Kier alpha value is -1.06. The molecule has 1 aliphatic heterocycles. The van der Waals surface area contributed by atoms with Crippen molar-refractivity contribution in [3.05, 3.63) is 34.9 Å². The number of hydrogen-bond acceptors (Lipinski definition) is 2. The van der Waals surface area contributed by atoms with E-state index in [9.17, 15) is 4.79 Å². The summed E-state index contributed by atoms with van der Waals surface area (Å²) in [5.41, 5.74) is 1.29. The molecule has 1 amide bonds. The summed E-state index contributed by atoms with van der Waals surface area (Å²) in [7, 11) is 1.99. The molecule has 0 atom stereocenters. The van der Waals surface area contributed by atoms with Crippen LogP contribution in [-0.2, 0) is 11.3 Å². The third-order valence-corrected chi connectivity index (χ3v) is 5.60. The van der Waals surface area contributed by atoms with Crippen molar-refractivity contribution in [3.8, 4) is 0 Å². The van der Waals surface area contributed by atoms with Gasteiger partial charge < -0.3 is 4.90 Å². The summed E-state index contributed by atoms with van der Waals surface area (Å²) < 4.78 is 0. The molecule has 2 aliphatic rings. The second kappa shape index (κ2) is 7.67. The third kappa shape index (κ3) is 4.48. The van der Waals surface area contributed by atoms with Gasteiger partial charge in [0, 0.05) is 31.1 Å². The molecule has 3 rings (SSSR count). The lowest BCUT2D eigenvalue weighted by molar-refractivity contribution is -0.137. The number of carbonyl (C=O) groups excluding carboxylic acids is 1. The Balaban J connectivity index is 1.42. The highest BCUT2D eigenvalue weighted by atomic mass is 35.5. The molecular formula is C19H27ClN2O. The SMILES string of the molecule is CN(CC1CCN(Cc2cccc(Cl)c2)CC1)C(=O)C1CCC1. The van der Waals surface area contributed by atoms with Crippen molar-refractivity contribution in [3.63, 3.8) is 0 Å². The second-order valence-electron chi connectivity index (χ2n) is 7.20. The van der Waals surface area contributed by atoms with Gasteiger partial charge in [0.1, 0.15) is 0 Å². The van der Waals surface area contributed by atoms with Gasteiger partial charge in [0.25, 0.3) is 0 Å². The zero-order valence-corrected chi connectivity index (χ0v) is 14.8. The van der Waals surface area contributed by atoms with Gasteiger partial charge in [-0.25, -0.2) is 0 Å². The fourth-order valence-electron chi connectivity index (χ4n) is 3.66. The maximum atomic E-state index is 12.2. The van der Waals surface area contributed by atoms with Crippen molar-refractivity contribution < 1.29 is 4.79 Å². The molecule has 2 fully saturated rings. The Kier molecular flexibility index (Phi) is 5.60. The average molecular weight is 335 g/mol. The van der Waals surface area contributed by atoms with Crippen molar-refractivity contribution >= 4 is 17.5 Å². The van der Waals surface area contributed by atoms with Crippen molar-refractivity contribution in [2.24, 2.45) is 11.8 Å². The molecule has 1 heterocycles. The molecule has 0 radical (unpaired) electrons. The molecule has 0 bridgehead atoms. The predicted octanol–water partition coefficient (Wildman–Crippen LogP) is 3.81. The lowest BCUT2D eigenvalue weighted by Gasteiger charge is -2.35. The van der Waals surface area contributed by atoms with Crippen LogP contribution in [-0.4, -0.2) is 42.4 Å². The summed E-state index contributed by atoms with van der Waals surface area (Å²) >= 11 is 6.06. The molecular weight excluding hydrogens is 308 g/mol. The average Bonchev–Trinajstić information content (AvgIpc) is 2.47. The van der Waals surface area contributed by atoms with Gasteiger partial charge in [0.15, 0.2) is 0 Å². The van der Waals surface area contributed by atoms with E-state index in [4.69, 9.17) is 11.6 Å². The first kappa shape index (κ1) is 16.8. The van der Waals surface area contributed by atoms with Gasteiger partial charge in [-0.05, 0) is 62.4 Å². The number of likely N-dealkylation sites (tertiary alicyclic amines) is 1. The van der Waals surface area contributed by atoms with Crippen molar-refractivity contribution in [1.29, 1.82) is 0 Å². The smallest absolute Gasteiger partial charge is 0.225 e. The number of hydrogen-bond donors (Lipinski definition) is 0. The van der Waals surface area contributed by atoms with E-state index in [1.54, 1.807) is 0 Å². The Bertz CT molecular complexity index is 536. The van der Waals surface area contributed by atoms with Crippen molar-refractivity contribution in [2.45, 2.75) is 38.6 Å². The summed E-state index contributed by atoms with van der Waals surface area (Å²) in [6, 6.07) is 8.14. The summed E-state index contributed by atoms with van der Waals surface area (Å²) in [4.78, 5) is 16.7. The normalized spacial score (nSPS) is 20.3. The molecule has 4 heteroatoms. The molecule has 1 aromatic rings. The van der Waals surface area contributed by atoms with E-state index < -0.39 is 0 Å². The highest BCUT2D eigenvalue weighted by molar-refractivity contribution is 6.30. The number of carbonyl (C=O) groups is 1. The topological polar surface area (TPSA) is 23.6 Å². The van der Waals surface area contributed by atoms with Crippen LogP contribution in [0.15, 0.2) is 24.3 Å². The van der Waals surface area contributed by atoms with Crippen LogP contribution in [0.5, 0.6) is 0 Å². The lowest BCUT2D eigenvalue weighted by Crippen LogP contribution is -2.42. The van der Waals surface area contributed by atoms with E-state index >= 15 is 0 Å². The van der Waals surface area contributed by atoms with E-state index in [2.05, 4.69) is 17.0 Å². The van der Waals surface area contributed by atoms with E-state index in [-0.39, 0.29) is 0 Å². The van der Waals surface area contributed by atoms with Gasteiger partial charge in [-0.1, -0.05) is 30.2 Å². The van der Waals surface area contributed by atoms with E-state index in [1.807, 2.05) is 24.1 Å². The summed E-state index contributed by atoms with van der Waals surface area (Å²) in [5.74, 6) is 1.35. The van der Waals surface area contributed by atoms with Crippen LogP contribution in [0.1, 0.15) is 37.7 Å². The fraction of sp³-hybridized carbons (Fsp3) is 0.632. The molecule has 3 nitrogen and oxygen atoms in total. The second-order valence-corrected chi connectivity index (χ2v) is 7.63. The number of nitrogens with zero attached hydrogens (tertiary/aromatic N) is 2. The van der Waals surface area contributed by atoms with Crippen LogP contribution >= 0.6 is 11.6 Å². The Morgan fingerprint density at radius 3 is 2.61 bits per heavy atom. The molecule has 0 unspecified atom stereocenters. The van der Waals surface area contributed by atoms with Gasteiger partial charge in [0.2, 0.25) is 5.91 Å². The zero-order valence-electron chi connectivity index (χ0n) is 14.0. The van der Waals surface area contributed by atoms with Gasteiger partial charge in [-0.15, -0.1) is 0 Å². The van der Waals surface area contributed by atoms with Crippen molar-refractivity contribution in [2.75, 3.05) is 26.7 Å². The predicted molar refractivity (Wildman–Crippen MR) is 94.4 cm³/mol. The Labute approximate surface area is 144 Å². The van der Waals surface area contributed by atoms with E-state index in [0.717, 1.165) is 44.0 Å². The summed E-state index contributed by atoms with van der Waals surface area (Å²) in [6.07, 6.45) is 5.79. The highest BCUT2D eigenvalue weighted by Crippen LogP contribution is 2.29. The van der Waals surface area contributed by atoms with Gasteiger partial charge >= 0.3 is 0 Å². The maximum Gasteiger partial charge on any atom is 0.225 e. The van der Waals surface area contributed by atoms with Gasteiger partial charge in [-0.3, -0.25) is 9.69 Å². The van der Waals surface area contributed by atoms with E-state index in [0.29, 0.717) is 17.7 Å². The number of rotatable bonds is 5. The molecule has 0 spiro atoms. The zero-order chi connectivity index (χ0) is 16.2. The number of halogens is 1. The molecule has 1 saturated heterocycles. The number of amides is 1. The van der Waals surface area contributed by atoms with Crippen LogP contribution in [0.4, 0.5) is 0 Å². The molecule has 1 saturated carbocycles. The van der Waals surface area contributed by atoms with E-state index in [1.165, 1.54) is 24.8 Å². The highest BCUT2D eigenvalue weighted by Gasteiger charge is 2.29. The largest absolute Gasteiger partial charge is 0.345 e. The van der Waals surface area contributed by atoms with Gasteiger partial charge in [0.05, 0.1) is 0 Å². The Morgan fingerprint density at radius 1 is 1.26 bits per heavy atom. The first-order valence-electron chi connectivity index (χ1n) is 8.83. The molecule has 0 aromatic heterocycles. The number of benzene rings is 1. The van der Waals surface area contributed by atoms with Crippen LogP contribution in [0, 0.1) is 11.8 Å². The minimum atomic E-state index is 0.322. The summed E-state index contributed by atoms with van der Waals surface area (Å²) in [6.45, 7) is 4.13. The molecule has 1 aromatic carbocycles. The van der Waals surface area contributed by atoms with Gasteiger partial charge in [-0.2, -0.15) is 0 Å². The minimum Gasteiger partial charge on any atom is -0.345 e. The first-order chi connectivity index (χ1) is 11.1. The quantitative estimate of drug-likeness (QED) is 0.817. The summed E-state index contributed by atoms with van der Waals surface area (Å²) in [5, 5.41) is 0.813. The fourth-order valence-corrected chi connectivity index (χ4v) is 3.88. The lowest BCUT2D eigenvalue weighted by atomic mass is 9.84. The third-order valence-electron chi connectivity index (χ3n) is 5.37. The first-order valence-corrected chi connectivity index (χ1v) is 9.21. The van der Waals surface area contributed by atoms with Crippen molar-refractivity contribution in [1.82, 2.24) is 9.80 Å². The van der Waals surface area contributed by atoms with Crippen LogP contribution in [0.3, 0.4) is 0 Å². The number of piperidine rings is 1. The standard InChI is InChI=1S/C19H27ClN2O/c1-21(19(23)17-5-3-6-17)13-15-8-10-22(11-9-15)14-16-4-2-7-18(20)12-16/h2,4,7,12,15,17H,3,5-6,8-11,13-14H2,1H3. The van der Waals surface area contributed by atoms with Crippen LogP contribution in [0.25, 0.3) is 0 Å². The monoisotopic (exact) mass is 334 g/mol. The Morgan fingerprint density at radius 2 is 2.00 bits per heavy atom. The molecule has 126 valence electrons. The molecule has 23 heavy (non-hydrogen) atoms. The minimum absolute atomic E-state index is 0.322. The van der Waals surface area contributed by atoms with Crippen LogP contribution < -0.4 is 0 Å². The molecule has 0 N–H and O–H groups in total. The van der Waals surface area contributed by atoms with Crippen LogP contribution in [0.2, 0.25) is 5.02 Å². The maximum absolute atomic E-state index is 12.2. The molecule has 1 aliphatic carbocycles.